The average Bonchev–Trinajstić information content (AvgIpc) is 2.40. The lowest BCUT2D eigenvalue weighted by atomic mass is 10.1. The number of hydrogen-bond donors (Lipinski definition) is 1. The summed E-state index contributed by atoms with van der Waals surface area (Å²) in [7, 11) is 0. The maximum atomic E-state index is 13.1. The third-order valence-electron chi connectivity index (χ3n) is 2.80. The second-order valence-corrected chi connectivity index (χ2v) is 4.74. The van der Waals surface area contributed by atoms with Crippen molar-refractivity contribution < 1.29 is 9.13 Å². The molecule has 0 bridgehead atoms. The zero-order valence-electron chi connectivity index (χ0n) is 10.6. The number of benzene rings is 2. The molecule has 2 aromatic rings. The smallest absolute Gasteiger partial charge is 0.142 e. The van der Waals surface area contributed by atoms with E-state index in [-0.39, 0.29) is 11.1 Å². The molecule has 2 rings (SSSR count). The highest BCUT2D eigenvalue weighted by atomic mass is 35.5. The first-order valence-corrected chi connectivity index (χ1v) is 6.36. The van der Waals surface area contributed by atoms with Crippen molar-refractivity contribution in [2.24, 2.45) is 5.73 Å². The van der Waals surface area contributed by atoms with Crippen molar-refractivity contribution in [2.45, 2.75) is 13.0 Å². The van der Waals surface area contributed by atoms with Gasteiger partial charge in [0.2, 0.25) is 0 Å². The fourth-order valence-electron chi connectivity index (χ4n) is 1.84. The van der Waals surface area contributed by atoms with E-state index in [4.69, 9.17) is 22.1 Å². The van der Waals surface area contributed by atoms with E-state index in [1.807, 2.05) is 31.2 Å². The molecule has 0 fully saturated rings. The Kier molecular flexibility index (Phi) is 4.40. The molecule has 0 aliphatic heterocycles. The van der Waals surface area contributed by atoms with Crippen molar-refractivity contribution >= 4 is 11.6 Å². The van der Waals surface area contributed by atoms with E-state index in [1.165, 1.54) is 12.1 Å². The summed E-state index contributed by atoms with van der Waals surface area (Å²) in [4.78, 5) is 0. The quantitative estimate of drug-likeness (QED) is 0.922. The molecule has 2 nitrogen and oxygen atoms in total. The van der Waals surface area contributed by atoms with Gasteiger partial charge in [-0.3, -0.25) is 0 Å². The molecule has 0 heterocycles. The van der Waals surface area contributed by atoms with Gasteiger partial charge in [-0.15, -0.1) is 0 Å². The molecule has 2 aromatic carbocycles. The highest BCUT2D eigenvalue weighted by molar-refractivity contribution is 6.30. The van der Waals surface area contributed by atoms with E-state index in [9.17, 15) is 4.39 Å². The maximum Gasteiger partial charge on any atom is 0.142 e. The Labute approximate surface area is 117 Å². The lowest BCUT2D eigenvalue weighted by molar-refractivity contribution is 0.214. The predicted molar refractivity (Wildman–Crippen MR) is 75.0 cm³/mol. The molecular weight excluding hydrogens is 265 g/mol. The third kappa shape index (κ3) is 3.46. The zero-order chi connectivity index (χ0) is 13.8. The number of hydrogen-bond acceptors (Lipinski definition) is 2. The van der Waals surface area contributed by atoms with Gasteiger partial charge in [0.15, 0.2) is 0 Å². The number of nitrogens with two attached hydrogens (primary N) is 1. The minimum absolute atomic E-state index is 0.0394. The van der Waals surface area contributed by atoms with Crippen molar-refractivity contribution in [3.8, 4) is 5.75 Å². The fraction of sp³-hybridized carbons (Fsp3) is 0.200. The highest BCUT2D eigenvalue weighted by Gasteiger charge is 2.12. The normalized spacial score (nSPS) is 12.2. The lowest BCUT2D eigenvalue weighted by Gasteiger charge is -2.18. The minimum Gasteiger partial charge on any atom is -0.484 e. The van der Waals surface area contributed by atoms with Gasteiger partial charge >= 0.3 is 0 Å². The van der Waals surface area contributed by atoms with Crippen LogP contribution in [0.2, 0.25) is 5.02 Å². The summed E-state index contributed by atoms with van der Waals surface area (Å²) >= 11 is 5.73. The van der Waals surface area contributed by atoms with Gasteiger partial charge in [0.25, 0.3) is 0 Å². The summed E-state index contributed by atoms with van der Waals surface area (Å²) in [6, 6.07) is 12.2. The van der Waals surface area contributed by atoms with Crippen LogP contribution in [-0.4, -0.2) is 6.54 Å². The predicted octanol–water partition coefficient (Wildman–Crippen LogP) is 3.87. The second-order valence-electron chi connectivity index (χ2n) is 4.33. The topological polar surface area (TPSA) is 35.2 Å². The van der Waals surface area contributed by atoms with E-state index in [2.05, 4.69) is 0 Å². The summed E-state index contributed by atoms with van der Waals surface area (Å²) < 4.78 is 18.8. The Morgan fingerprint density at radius 1 is 1.26 bits per heavy atom. The monoisotopic (exact) mass is 279 g/mol. The van der Waals surface area contributed by atoms with Crippen LogP contribution in [-0.2, 0) is 0 Å². The van der Waals surface area contributed by atoms with Crippen molar-refractivity contribution in [1.29, 1.82) is 0 Å². The molecule has 0 amide bonds. The van der Waals surface area contributed by atoms with E-state index in [1.54, 1.807) is 6.07 Å². The molecule has 1 atom stereocenters. The first kappa shape index (κ1) is 13.8. The first-order valence-electron chi connectivity index (χ1n) is 5.98. The number of aryl methyl sites for hydroxylation is 1. The van der Waals surface area contributed by atoms with Crippen molar-refractivity contribution in [3.05, 3.63) is 64.4 Å². The molecule has 0 saturated carbocycles. The van der Waals surface area contributed by atoms with E-state index in [0.29, 0.717) is 12.3 Å². The average molecular weight is 280 g/mol. The molecule has 0 aliphatic rings. The van der Waals surface area contributed by atoms with Crippen molar-refractivity contribution in [3.63, 3.8) is 0 Å². The number of ether oxygens (including phenoxy) is 1. The molecule has 100 valence electrons. The van der Waals surface area contributed by atoms with E-state index >= 15 is 0 Å². The minimum atomic E-state index is -0.464. The first-order chi connectivity index (χ1) is 9.10. The van der Waals surface area contributed by atoms with Gasteiger partial charge in [0.1, 0.15) is 17.7 Å². The van der Waals surface area contributed by atoms with E-state index < -0.39 is 5.82 Å². The molecular formula is C15H15ClFNO. The molecule has 0 radical (unpaired) electrons. The Bertz CT molecular complexity index is 574. The van der Waals surface area contributed by atoms with Crippen LogP contribution in [0.25, 0.3) is 0 Å². The molecule has 0 aromatic heterocycles. The molecule has 0 spiro atoms. The van der Waals surface area contributed by atoms with Crippen LogP contribution in [0.15, 0.2) is 42.5 Å². The molecule has 0 aliphatic carbocycles. The van der Waals surface area contributed by atoms with Gasteiger partial charge in [0.05, 0.1) is 5.02 Å². The summed E-state index contributed by atoms with van der Waals surface area (Å²) in [6.07, 6.45) is -0.276. The summed E-state index contributed by atoms with van der Waals surface area (Å²) in [6.45, 7) is 2.34. The van der Waals surface area contributed by atoms with Gasteiger partial charge in [-0.25, -0.2) is 4.39 Å². The lowest BCUT2D eigenvalue weighted by Crippen LogP contribution is -2.18. The van der Waals surface area contributed by atoms with Gasteiger partial charge in [-0.05, 0) is 24.6 Å². The van der Waals surface area contributed by atoms with Crippen LogP contribution < -0.4 is 10.5 Å². The summed E-state index contributed by atoms with van der Waals surface area (Å²) in [5, 5.41) is 0.0394. The molecule has 2 N–H and O–H groups in total. The van der Waals surface area contributed by atoms with E-state index in [0.717, 1.165) is 11.1 Å². The molecule has 19 heavy (non-hydrogen) atoms. The Morgan fingerprint density at radius 2 is 2.05 bits per heavy atom. The van der Waals surface area contributed by atoms with Crippen LogP contribution in [0, 0.1) is 12.7 Å². The van der Waals surface area contributed by atoms with Gasteiger partial charge < -0.3 is 10.5 Å². The largest absolute Gasteiger partial charge is 0.484 e. The van der Waals surface area contributed by atoms with Gasteiger partial charge in [0, 0.05) is 12.6 Å². The maximum absolute atomic E-state index is 13.1. The molecule has 4 heteroatoms. The number of halogens is 2. The fourth-order valence-corrected chi connectivity index (χ4v) is 2.01. The summed E-state index contributed by atoms with van der Waals surface area (Å²) in [5.74, 6) is 0.0391. The van der Waals surface area contributed by atoms with Crippen LogP contribution in [0.1, 0.15) is 17.2 Å². The zero-order valence-corrected chi connectivity index (χ0v) is 11.3. The van der Waals surface area contributed by atoms with Gasteiger partial charge in [-0.1, -0.05) is 41.4 Å². The Morgan fingerprint density at radius 3 is 2.68 bits per heavy atom. The van der Waals surface area contributed by atoms with Crippen LogP contribution in [0.4, 0.5) is 4.39 Å². The standard InChI is InChI=1S/C15H15ClFNO/c1-10-3-2-4-11(7-10)15(9-18)19-12-5-6-14(17)13(16)8-12/h2-8,15H,9,18H2,1H3. The highest BCUT2D eigenvalue weighted by Crippen LogP contribution is 2.26. The third-order valence-corrected chi connectivity index (χ3v) is 3.09. The second kappa shape index (κ2) is 6.04. The summed E-state index contributed by atoms with van der Waals surface area (Å²) in [5.41, 5.74) is 7.86. The SMILES string of the molecule is Cc1cccc(C(CN)Oc2ccc(F)c(Cl)c2)c1. The van der Waals surface area contributed by atoms with Crippen molar-refractivity contribution in [1.82, 2.24) is 0 Å². The Balaban J connectivity index is 2.21. The number of rotatable bonds is 4. The molecule has 0 saturated heterocycles. The van der Waals surface area contributed by atoms with Crippen LogP contribution in [0.5, 0.6) is 5.75 Å². The van der Waals surface area contributed by atoms with Crippen molar-refractivity contribution in [2.75, 3.05) is 6.54 Å². The Hall–Kier alpha value is -1.58. The van der Waals surface area contributed by atoms with Crippen LogP contribution >= 0.6 is 11.6 Å². The molecule has 1 unspecified atom stereocenters. The van der Waals surface area contributed by atoms with Gasteiger partial charge in [-0.2, -0.15) is 0 Å². The van der Waals surface area contributed by atoms with Crippen LogP contribution in [0.3, 0.4) is 0 Å².